The van der Waals surface area contributed by atoms with Crippen molar-refractivity contribution in [3.63, 3.8) is 0 Å². The number of carbonyl (C=O) groups is 1. The molecule has 3 heterocycles. The number of thiazole rings is 1. The van der Waals surface area contributed by atoms with Gasteiger partial charge in [0, 0.05) is 32.5 Å². The zero-order valence-corrected chi connectivity index (χ0v) is 14.5. The van der Waals surface area contributed by atoms with Crippen LogP contribution in [0.2, 0.25) is 0 Å². The maximum atomic E-state index is 12.9. The number of carbonyl (C=O) groups excluding carboxylic acids is 1. The molecule has 0 N–H and O–H groups in total. The van der Waals surface area contributed by atoms with Crippen molar-refractivity contribution < 1.29 is 4.79 Å². The molecule has 3 aromatic rings. The monoisotopic (exact) mass is 342 g/mol. The molecule has 0 aliphatic carbocycles. The van der Waals surface area contributed by atoms with Crippen LogP contribution in [-0.4, -0.2) is 35.3 Å². The van der Waals surface area contributed by atoms with Crippen molar-refractivity contribution >= 4 is 38.5 Å². The SMILES string of the molecule is O=C(c1cscn1)c1c(CCN2CCCC2)sc2ccccc12. The third-order valence-corrected chi connectivity index (χ3v) is 6.23. The molecular formula is C18H18N2OS2. The molecule has 118 valence electrons. The Morgan fingerprint density at radius 2 is 2.04 bits per heavy atom. The van der Waals surface area contributed by atoms with Crippen LogP contribution < -0.4 is 0 Å². The van der Waals surface area contributed by atoms with E-state index in [1.54, 1.807) is 16.8 Å². The van der Waals surface area contributed by atoms with Gasteiger partial charge in [-0.1, -0.05) is 18.2 Å². The molecule has 23 heavy (non-hydrogen) atoms. The molecule has 3 nitrogen and oxygen atoms in total. The average Bonchev–Trinajstić information content (AvgIpc) is 3.31. The third kappa shape index (κ3) is 2.96. The van der Waals surface area contributed by atoms with Crippen LogP contribution in [-0.2, 0) is 6.42 Å². The lowest BCUT2D eigenvalue weighted by Crippen LogP contribution is -2.22. The lowest BCUT2D eigenvalue weighted by Gasteiger charge is -2.13. The Morgan fingerprint density at radius 3 is 2.83 bits per heavy atom. The van der Waals surface area contributed by atoms with Gasteiger partial charge in [-0.25, -0.2) is 4.98 Å². The predicted octanol–water partition coefficient (Wildman–Crippen LogP) is 4.23. The van der Waals surface area contributed by atoms with E-state index in [0.717, 1.165) is 23.9 Å². The minimum atomic E-state index is 0.0696. The number of likely N-dealkylation sites (tertiary alicyclic amines) is 1. The molecule has 5 heteroatoms. The van der Waals surface area contributed by atoms with Crippen LogP contribution in [0, 0.1) is 0 Å². The fourth-order valence-corrected chi connectivity index (χ4v) is 4.96. The van der Waals surface area contributed by atoms with E-state index in [9.17, 15) is 4.79 Å². The minimum absolute atomic E-state index is 0.0696. The molecule has 0 spiro atoms. The number of benzene rings is 1. The summed E-state index contributed by atoms with van der Waals surface area (Å²) in [6, 6.07) is 8.22. The highest BCUT2D eigenvalue weighted by Crippen LogP contribution is 2.33. The molecule has 1 aliphatic rings. The van der Waals surface area contributed by atoms with E-state index in [1.165, 1.54) is 46.8 Å². The fraction of sp³-hybridized carbons (Fsp3) is 0.333. The van der Waals surface area contributed by atoms with Crippen LogP contribution >= 0.6 is 22.7 Å². The van der Waals surface area contributed by atoms with Crippen LogP contribution in [0.3, 0.4) is 0 Å². The second-order valence-electron chi connectivity index (χ2n) is 5.90. The van der Waals surface area contributed by atoms with Gasteiger partial charge in [0.25, 0.3) is 0 Å². The van der Waals surface area contributed by atoms with E-state index in [1.807, 2.05) is 17.5 Å². The second kappa shape index (κ2) is 6.51. The summed E-state index contributed by atoms with van der Waals surface area (Å²) in [6.45, 7) is 3.44. The lowest BCUT2D eigenvalue weighted by atomic mass is 10.0. The molecule has 0 radical (unpaired) electrons. The zero-order chi connectivity index (χ0) is 15.6. The summed E-state index contributed by atoms with van der Waals surface area (Å²) in [5, 5.41) is 2.92. The maximum Gasteiger partial charge on any atom is 0.213 e. The first-order chi connectivity index (χ1) is 11.3. The lowest BCUT2D eigenvalue weighted by molar-refractivity contribution is 0.103. The van der Waals surface area contributed by atoms with Crippen molar-refractivity contribution in [3.05, 3.63) is 51.3 Å². The van der Waals surface area contributed by atoms with E-state index in [2.05, 4.69) is 22.0 Å². The molecular weight excluding hydrogens is 324 g/mol. The smallest absolute Gasteiger partial charge is 0.213 e. The number of hydrogen-bond acceptors (Lipinski definition) is 5. The van der Waals surface area contributed by atoms with Crippen molar-refractivity contribution in [2.45, 2.75) is 19.3 Å². The van der Waals surface area contributed by atoms with Crippen LogP contribution in [0.15, 0.2) is 35.2 Å². The number of rotatable bonds is 5. The quantitative estimate of drug-likeness (QED) is 0.651. The first-order valence-corrected chi connectivity index (χ1v) is 9.74. The summed E-state index contributed by atoms with van der Waals surface area (Å²) >= 11 is 3.23. The van der Waals surface area contributed by atoms with Crippen molar-refractivity contribution in [2.75, 3.05) is 19.6 Å². The molecule has 1 saturated heterocycles. The number of hydrogen-bond donors (Lipinski definition) is 0. The van der Waals surface area contributed by atoms with E-state index < -0.39 is 0 Å². The number of nitrogens with zero attached hydrogens (tertiary/aromatic N) is 2. The number of aromatic nitrogens is 1. The molecule has 0 atom stereocenters. The highest BCUT2D eigenvalue weighted by Gasteiger charge is 2.22. The summed E-state index contributed by atoms with van der Waals surface area (Å²) in [4.78, 5) is 20.9. The average molecular weight is 342 g/mol. The molecule has 1 fully saturated rings. The predicted molar refractivity (Wildman–Crippen MR) is 96.7 cm³/mol. The van der Waals surface area contributed by atoms with Gasteiger partial charge in [0.1, 0.15) is 5.69 Å². The molecule has 0 amide bonds. The van der Waals surface area contributed by atoms with Crippen LogP contribution in [0.1, 0.15) is 33.8 Å². The number of thiophene rings is 1. The number of ketones is 1. The normalized spacial score (nSPS) is 15.5. The van der Waals surface area contributed by atoms with Gasteiger partial charge in [-0.05, 0) is 38.4 Å². The van der Waals surface area contributed by atoms with E-state index >= 15 is 0 Å². The largest absolute Gasteiger partial charge is 0.303 e. The van der Waals surface area contributed by atoms with E-state index in [4.69, 9.17) is 0 Å². The van der Waals surface area contributed by atoms with Gasteiger partial charge in [-0.3, -0.25) is 4.79 Å². The summed E-state index contributed by atoms with van der Waals surface area (Å²) in [5.41, 5.74) is 3.17. The van der Waals surface area contributed by atoms with Crippen molar-refractivity contribution in [3.8, 4) is 0 Å². The molecule has 2 aromatic heterocycles. The Bertz CT molecular complexity index is 817. The van der Waals surface area contributed by atoms with Gasteiger partial charge < -0.3 is 4.90 Å². The van der Waals surface area contributed by atoms with Gasteiger partial charge in [-0.2, -0.15) is 0 Å². The Morgan fingerprint density at radius 1 is 1.22 bits per heavy atom. The van der Waals surface area contributed by atoms with E-state index in [0.29, 0.717) is 5.69 Å². The fourth-order valence-electron chi connectivity index (χ4n) is 3.24. The summed E-state index contributed by atoms with van der Waals surface area (Å²) in [7, 11) is 0. The third-order valence-electron chi connectivity index (χ3n) is 4.41. The molecule has 1 aromatic carbocycles. The first kappa shape index (κ1) is 15.0. The Kier molecular flexibility index (Phi) is 4.25. The highest BCUT2D eigenvalue weighted by atomic mass is 32.1. The van der Waals surface area contributed by atoms with E-state index in [-0.39, 0.29) is 5.78 Å². The van der Waals surface area contributed by atoms with Crippen molar-refractivity contribution in [1.29, 1.82) is 0 Å². The Labute approximate surface area is 143 Å². The van der Waals surface area contributed by atoms with Crippen LogP contribution in [0.4, 0.5) is 0 Å². The standard InChI is InChI=1S/C18H18N2OS2/c21-18(14-11-22-12-19-14)17-13-5-1-2-6-15(13)23-16(17)7-10-20-8-3-4-9-20/h1-2,5-6,11-12H,3-4,7-10H2. The van der Waals surface area contributed by atoms with Crippen molar-refractivity contribution in [1.82, 2.24) is 9.88 Å². The second-order valence-corrected chi connectivity index (χ2v) is 7.75. The topological polar surface area (TPSA) is 33.2 Å². The summed E-state index contributed by atoms with van der Waals surface area (Å²) in [5.74, 6) is 0.0696. The van der Waals surface area contributed by atoms with Crippen molar-refractivity contribution in [2.24, 2.45) is 0 Å². The zero-order valence-electron chi connectivity index (χ0n) is 12.8. The molecule has 4 rings (SSSR count). The molecule has 0 saturated carbocycles. The summed E-state index contributed by atoms with van der Waals surface area (Å²) in [6.07, 6.45) is 3.55. The van der Waals surface area contributed by atoms with Gasteiger partial charge in [0.2, 0.25) is 5.78 Å². The Hall–Kier alpha value is -1.56. The first-order valence-electron chi connectivity index (χ1n) is 7.98. The molecule has 1 aliphatic heterocycles. The van der Waals surface area contributed by atoms with Gasteiger partial charge in [-0.15, -0.1) is 22.7 Å². The molecule has 0 bridgehead atoms. The van der Waals surface area contributed by atoms with Gasteiger partial charge in [0.15, 0.2) is 0 Å². The van der Waals surface area contributed by atoms with Gasteiger partial charge in [0.05, 0.1) is 5.51 Å². The molecule has 0 unspecified atom stereocenters. The number of fused-ring (bicyclic) bond motifs is 1. The maximum absolute atomic E-state index is 12.9. The van der Waals surface area contributed by atoms with Crippen LogP contribution in [0.25, 0.3) is 10.1 Å². The van der Waals surface area contributed by atoms with Gasteiger partial charge >= 0.3 is 0 Å². The summed E-state index contributed by atoms with van der Waals surface area (Å²) < 4.78 is 1.20. The Balaban J connectivity index is 1.70. The minimum Gasteiger partial charge on any atom is -0.303 e. The van der Waals surface area contributed by atoms with Crippen LogP contribution in [0.5, 0.6) is 0 Å². The highest BCUT2D eigenvalue weighted by molar-refractivity contribution is 7.19.